The summed E-state index contributed by atoms with van der Waals surface area (Å²) in [4.78, 5) is 9.28. The van der Waals surface area contributed by atoms with Gasteiger partial charge in [0.15, 0.2) is 5.96 Å². The fourth-order valence-electron chi connectivity index (χ4n) is 4.31. The molecule has 1 saturated heterocycles. The van der Waals surface area contributed by atoms with Crippen molar-refractivity contribution >= 4 is 11.6 Å². The summed E-state index contributed by atoms with van der Waals surface area (Å²) in [7, 11) is 3.61. The number of nitrogens with zero attached hydrogens (tertiary/aromatic N) is 6. The number of fused-ring (bicyclic) bond motifs is 1. The van der Waals surface area contributed by atoms with Crippen LogP contribution in [0.3, 0.4) is 0 Å². The summed E-state index contributed by atoms with van der Waals surface area (Å²) >= 11 is 0. The summed E-state index contributed by atoms with van der Waals surface area (Å²) in [5.74, 6) is 4.64. The molecule has 1 fully saturated rings. The van der Waals surface area contributed by atoms with E-state index in [1.54, 1.807) is 7.11 Å². The third kappa shape index (κ3) is 4.16. The second kappa shape index (κ2) is 8.71. The van der Waals surface area contributed by atoms with Crippen LogP contribution in [-0.2, 0) is 13.0 Å². The van der Waals surface area contributed by atoms with Gasteiger partial charge in [-0.2, -0.15) is 0 Å². The summed E-state index contributed by atoms with van der Waals surface area (Å²) < 4.78 is 7.78. The van der Waals surface area contributed by atoms with E-state index in [4.69, 9.17) is 4.74 Å². The van der Waals surface area contributed by atoms with Gasteiger partial charge >= 0.3 is 0 Å². The summed E-state index contributed by atoms with van der Waals surface area (Å²) in [6, 6.07) is 8.23. The van der Waals surface area contributed by atoms with Gasteiger partial charge in [-0.15, -0.1) is 10.2 Å². The average molecular weight is 398 g/mol. The average Bonchev–Trinajstić information content (AvgIpc) is 3.15. The number of methoxy groups -OCH3 is 1. The van der Waals surface area contributed by atoms with Crippen molar-refractivity contribution in [1.82, 2.24) is 25.0 Å². The zero-order valence-corrected chi connectivity index (χ0v) is 17.6. The zero-order chi connectivity index (χ0) is 20.2. The van der Waals surface area contributed by atoms with Gasteiger partial charge in [0.25, 0.3) is 0 Å². The summed E-state index contributed by atoms with van der Waals surface area (Å²) in [6.45, 7) is 7.73. The van der Waals surface area contributed by atoms with Crippen LogP contribution in [0.25, 0.3) is 0 Å². The monoisotopic (exact) mass is 397 g/mol. The number of ether oxygens (including phenoxy) is 1. The molecule has 0 saturated carbocycles. The molecule has 0 amide bonds. The highest BCUT2D eigenvalue weighted by molar-refractivity contribution is 5.80. The summed E-state index contributed by atoms with van der Waals surface area (Å²) in [6.07, 6.45) is 2.15. The molecule has 1 atom stereocenters. The molecule has 2 aliphatic heterocycles. The van der Waals surface area contributed by atoms with Gasteiger partial charge < -0.3 is 24.4 Å². The number of anilines is 1. The lowest BCUT2D eigenvalue weighted by atomic mass is 9.99. The number of aryl methyl sites for hydroxylation is 2. The van der Waals surface area contributed by atoms with Gasteiger partial charge in [0.05, 0.1) is 12.8 Å². The number of benzene rings is 1. The van der Waals surface area contributed by atoms with Gasteiger partial charge in [0.1, 0.15) is 17.4 Å². The van der Waals surface area contributed by atoms with E-state index in [2.05, 4.69) is 47.0 Å². The molecule has 29 heavy (non-hydrogen) atoms. The number of aromatic nitrogens is 3. The van der Waals surface area contributed by atoms with Crippen molar-refractivity contribution < 1.29 is 4.74 Å². The molecule has 1 aromatic carbocycles. The van der Waals surface area contributed by atoms with Crippen LogP contribution in [0.2, 0.25) is 0 Å². The fourth-order valence-corrected chi connectivity index (χ4v) is 4.31. The van der Waals surface area contributed by atoms with Gasteiger partial charge in [-0.3, -0.25) is 4.99 Å². The number of guanidine groups is 1. The van der Waals surface area contributed by atoms with E-state index in [-0.39, 0.29) is 0 Å². The van der Waals surface area contributed by atoms with E-state index in [0.717, 1.165) is 75.5 Å². The summed E-state index contributed by atoms with van der Waals surface area (Å²) in [5, 5.41) is 12.1. The lowest BCUT2D eigenvalue weighted by Gasteiger charge is -2.38. The molecule has 156 valence electrons. The van der Waals surface area contributed by atoms with Crippen LogP contribution in [0.15, 0.2) is 29.3 Å². The topological polar surface area (TPSA) is 70.8 Å². The minimum absolute atomic E-state index is 0.573. The SMILES string of the molecule is CN=C(NCC1CCc2nnc(C)n2C1)N1CCN(c2ccccc2OC)CC1. The molecule has 3 heterocycles. The molecule has 1 aromatic heterocycles. The third-order valence-corrected chi connectivity index (χ3v) is 6.00. The smallest absolute Gasteiger partial charge is 0.193 e. The molecule has 0 bridgehead atoms. The Kier molecular flexibility index (Phi) is 5.87. The van der Waals surface area contributed by atoms with Crippen molar-refractivity contribution in [3.63, 3.8) is 0 Å². The largest absolute Gasteiger partial charge is 0.495 e. The Balaban J connectivity index is 1.30. The highest BCUT2D eigenvalue weighted by Gasteiger charge is 2.24. The van der Waals surface area contributed by atoms with Crippen LogP contribution >= 0.6 is 0 Å². The third-order valence-electron chi connectivity index (χ3n) is 6.00. The highest BCUT2D eigenvalue weighted by atomic mass is 16.5. The Hall–Kier alpha value is -2.77. The van der Waals surface area contributed by atoms with Crippen molar-refractivity contribution in [2.45, 2.75) is 26.3 Å². The van der Waals surface area contributed by atoms with Crippen LogP contribution in [0, 0.1) is 12.8 Å². The number of hydrogen-bond acceptors (Lipinski definition) is 5. The van der Waals surface area contributed by atoms with Crippen molar-refractivity contribution in [3.05, 3.63) is 35.9 Å². The number of nitrogens with one attached hydrogen (secondary N) is 1. The molecule has 8 nitrogen and oxygen atoms in total. The normalized spacial score (nSPS) is 19.8. The van der Waals surface area contributed by atoms with Crippen LogP contribution in [-0.4, -0.2) is 72.5 Å². The molecule has 2 aromatic rings. The molecule has 0 aliphatic carbocycles. The molecule has 0 spiro atoms. The van der Waals surface area contributed by atoms with Gasteiger partial charge in [-0.05, 0) is 31.4 Å². The molecule has 8 heteroatoms. The molecule has 1 N–H and O–H groups in total. The quantitative estimate of drug-likeness (QED) is 0.624. The maximum atomic E-state index is 5.53. The first-order valence-electron chi connectivity index (χ1n) is 10.4. The lowest BCUT2D eigenvalue weighted by Crippen LogP contribution is -2.53. The maximum Gasteiger partial charge on any atom is 0.193 e. The number of hydrogen-bond donors (Lipinski definition) is 1. The van der Waals surface area contributed by atoms with E-state index in [0.29, 0.717) is 5.92 Å². The second-order valence-electron chi connectivity index (χ2n) is 7.75. The van der Waals surface area contributed by atoms with Gasteiger partial charge in [-0.25, -0.2) is 0 Å². The van der Waals surface area contributed by atoms with Crippen molar-refractivity contribution in [1.29, 1.82) is 0 Å². The predicted molar refractivity (Wildman–Crippen MR) is 115 cm³/mol. The van der Waals surface area contributed by atoms with Crippen LogP contribution in [0.1, 0.15) is 18.1 Å². The standard InChI is InChI=1S/C21H31N7O/c1-16-24-25-20-9-8-17(15-28(16)20)14-23-21(22-2)27-12-10-26(11-13-27)18-6-4-5-7-19(18)29-3/h4-7,17H,8-15H2,1-3H3,(H,22,23). The molecule has 0 radical (unpaired) electrons. The first-order chi connectivity index (χ1) is 14.2. The van der Waals surface area contributed by atoms with Gasteiger partial charge in [-0.1, -0.05) is 12.1 Å². The van der Waals surface area contributed by atoms with Crippen molar-refractivity contribution in [3.8, 4) is 5.75 Å². The van der Waals surface area contributed by atoms with E-state index < -0.39 is 0 Å². The fraction of sp³-hybridized carbons (Fsp3) is 0.571. The number of para-hydroxylation sites is 2. The predicted octanol–water partition coefficient (Wildman–Crippen LogP) is 1.56. The van der Waals surface area contributed by atoms with Crippen molar-refractivity contribution in [2.75, 3.05) is 51.8 Å². The van der Waals surface area contributed by atoms with Gasteiger partial charge in [0.2, 0.25) is 0 Å². The number of piperazine rings is 1. The molecule has 2 aliphatic rings. The van der Waals surface area contributed by atoms with Crippen LogP contribution in [0.4, 0.5) is 5.69 Å². The maximum absolute atomic E-state index is 5.53. The molecule has 1 unspecified atom stereocenters. The van der Waals surface area contributed by atoms with E-state index in [1.165, 1.54) is 5.69 Å². The molecular weight excluding hydrogens is 366 g/mol. The lowest BCUT2D eigenvalue weighted by molar-refractivity contribution is 0.338. The number of rotatable bonds is 4. The van der Waals surface area contributed by atoms with E-state index in [1.807, 2.05) is 26.1 Å². The Morgan fingerprint density at radius 3 is 2.76 bits per heavy atom. The minimum atomic E-state index is 0.573. The van der Waals surface area contributed by atoms with E-state index in [9.17, 15) is 0 Å². The van der Waals surface area contributed by atoms with Crippen molar-refractivity contribution in [2.24, 2.45) is 10.9 Å². The van der Waals surface area contributed by atoms with Crippen LogP contribution in [0.5, 0.6) is 5.75 Å². The van der Waals surface area contributed by atoms with Gasteiger partial charge in [0, 0.05) is 52.7 Å². The zero-order valence-electron chi connectivity index (χ0n) is 17.6. The Morgan fingerprint density at radius 1 is 1.21 bits per heavy atom. The first kappa shape index (κ1) is 19.5. The van der Waals surface area contributed by atoms with E-state index >= 15 is 0 Å². The first-order valence-corrected chi connectivity index (χ1v) is 10.4. The van der Waals surface area contributed by atoms with Crippen LogP contribution < -0.4 is 15.0 Å². The number of aliphatic imine (C=N–C) groups is 1. The summed E-state index contributed by atoms with van der Waals surface area (Å²) in [5.41, 5.74) is 1.17. The Bertz CT molecular complexity index is 854. The minimum Gasteiger partial charge on any atom is -0.495 e. The Morgan fingerprint density at radius 2 is 2.00 bits per heavy atom. The highest BCUT2D eigenvalue weighted by Crippen LogP contribution is 2.28. The molecular formula is C21H31N7O. The Labute approximate surface area is 172 Å². The second-order valence-corrected chi connectivity index (χ2v) is 7.75. The molecule has 4 rings (SSSR count).